The van der Waals surface area contributed by atoms with Crippen molar-refractivity contribution in [2.75, 3.05) is 6.61 Å². The summed E-state index contributed by atoms with van der Waals surface area (Å²) >= 11 is 0. The number of carbonyl (C=O) groups excluding carboxylic acids is 1. The predicted octanol–water partition coefficient (Wildman–Crippen LogP) is 3.99. The Labute approximate surface area is 126 Å². The molecule has 0 atom stereocenters. The third-order valence-electron chi connectivity index (χ3n) is 5.94. The summed E-state index contributed by atoms with van der Waals surface area (Å²) in [6, 6.07) is 10.3. The topological polar surface area (TPSA) is 26.3 Å². The van der Waals surface area contributed by atoms with Crippen molar-refractivity contribution in [1.29, 1.82) is 0 Å². The molecule has 1 aromatic carbocycles. The van der Waals surface area contributed by atoms with Crippen LogP contribution in [0, 0.1) is 23.2 Å². The number of ether oxygens (including phenoxy) is 1. The summed E-state index contributed by atoms with van der Waals surface area (Å²) < 4.78 is 5.69. The summed E-state index contributed by atoms with van der Waals surface area (Å²) in [5, 5.41) is 0. The zero-order chi connectivity index (χ0) is 14.3. The Bertz CT molecular complexity index is 484. The van der Waals surface area contributed by atoms with Crippen molar-refractivity contribution < 1.29 is 9.53 Å². The minimum absolute atomic E-state index is 0.106. The van der Waals surface area contributed by atoms with Crippen molar-refractivity contribution in [1.82, 2.24) is 0 Å². The second-order valence-electron chi connectivity index (χ2n) is 7.57. The molecule has 2 nitrogen and oxygen atoms in total. The highest BCUT2D eigenvalue weighted by Gasteiger charge is 2.55. The number of carbonyl (C=O) groups is 1. The highest BCUT2D eigenvalue weighted by molar-refractivity contribution is 5.77. The molecule has 0 saturated heterocycles. The normalized spacial score (nSPS) is 36.7. The van der Waals surface area contributed by atoms with Gasteiger partial charge in [-0.25, -0.2) is 0 Å². The Morgan fingerprint density at radius 3 is 2.14 bits per heavy atom. The fourth-order valence-corrected chi connectivity index (χ4v) is 5.42. The van der Waals surface area contributed by atoms with E-state index in [1.807, 2.05) is 18.2 Å². The summed E-state index contributed by atoms with van der Waals surface area (Å²) in [5.74, 6) is 2.52. The lowest BCUT2D eigenvalue weighted by atomic mass is 9.49. The molecule has 0 aromatic heterocycles. The van der Waals surface area contributed by atoms with Gasteiger partial charge in [0.05, 0.1) is 12.0 Å². The highest BCUT2D eigenvalue weighted by atomic mass is 16.5. The predicted molar refractivity (Wildman–Crippen MR) is 81.7 cm³/mol. The summed E-state index contributed by atoms with van der Waals surface area (Å²) in [7, 11) is 0. The van der Waals surface area contributed by atoms with E-state index in [2.05, 4.69) is 12.1 Å². The van der Waals surface area contributed by atoms with Crippen molar-refractivity contribution in [3.63, 3.8) is 0 Å². The number of hydrogen-bond donors (Lipinski definition) is 0. The highest BCUT2D eigenvalue weighted by Crippen LogP contribution is 2.60. The van der Waals surface area contributed by atoms with Crippen LogP contribution in [-0.2, 0) is 16.0 Å². The van der Waals surface area contributed by atoms with E-state index >= 15 is 0 Å². The molecule has 0 heterocycles. The quantitative estimate of drug-likeness (QED) is 0.781. The lowest BCUT2D eigenvalue weighted by Crippen LogP contribution is -2.50. The van der Waals surface area contributed by atoms with E-state index < -0.39 is 0 Å². The first-order chi connectivity index (χ1) is 10.2. The molecule has 5 rings (SSSR count). The minimum atomic E-state index is -0.106. The maximum atomic E-state index is 12.7. The van der Waals surface area contributed by atoms with Crippen LogP contribution in [0.25, 0.3) is 0 Å². The molecule has 0 radical (unpaired) electrons. The van der Waals surface area contributed by atoms with Crippen LogP contribution in [0.5, 0.6) is 0 Å². The molecule has 0 spiro atoms. The van der Waals surface area contributed by atoms with Gasteiger partial charge in [0.15, 0.2) is 0 Å². The number of benzene rings is 1. The largest absolute Gasteiger partial charge is 0.465 e. The maximum Gasteiger partial charge on any atom is 0.312 e. The van der Waals surface area contributed by atoms with Gasteiger partial charge in [0.25, 0.3) is 0 Å². The molecule has 4 saturated carbocycles. The molecule has 4 aliphatic carbocycles. The first kappa shape index (κ1) is 13.4. The summed E-state index contributed by atoms with van der Waals surface area (Å²) in [6.45, 7) is 0.532. The van der Waals surface area contributed by atoms with Crippen LogP contribution in [-0.4, -0.2) is 12.6 Å². The number of rotatable bonds is 4. The molecule has 0 aliphatic heterocycles. The first-order valence-corrected chi connectivity index (χ1v) is 8.45. The van der Waals surface area contributed by atoms with Crippen LogP contribution in [0.15, 0.2) is 30.3 Å². The third-order valence-corrected chi connectivity index (χ3v) is 5.94. The van der Waals surface area contributed by atoms with Gasteiger partial charge in [-0.2, -0.15) is 0 Å². The van der Waals surface area contributed by atoms with Gasteiger partial charge in [-0.05, 0) is 61.8 Å². The van der Waals surface area contributed by atoms with Crippen LogP contribution in [0.1, 0.15) is 44.1 Å². The van der Waals surface area contributed by atoms with Gasteiger partial charge in [0.2, 0.25) is 0 Å². The first-order valence-electron chi connectivity index (χ1n) is 8.45. The molecule has 4 fully saturated rings. The molecule has 2 heteroatoms. The van der Waals surface area contributed by atoms with Gasteiger partial charge in [-0.15, -0.1) is 0 Å². The van der Waals surface area contributed by atoms with E-state index in [0.29, 0.717) is 6.61 Å². The van der Waals surface area contributed by atoms with Crippen molar-refractivity contribution in [3.05, 3.63) is 35.9 Å². The Kier molecular flexibility index (Phi) is 3.28. The summed E-state index contributed by atoms with van der Waals surface area (Å²) in [4.78, 5) is 12.7. The molecule has 0 amide bonds. The van der Waals surface area contributed by atoms with Crippen molar-refractivity contribution in [2.24, 2.45) is 23.2 Å². The fourth-order valence-electron chi connectivity index (χ4n) is 5.42. The van der Waals surface area contributed by atoms with Crippen LogP contribution >= 0.6 is 0 Å². The summed E-state index contributed by atoms with van der Waals surface area (Å²) in [6.07, 6.45) is 8.25. The lowest BCUT2D eigenvalue weighted by Gasteiger charge is -2.55. The lowest BCUT2D eigenvalue weighted by molar-refractivity contribution is -0.171. The monoisotopic (exact) mass is 284 g/mol. The Balaban J connectivity index is 1.37. The fraction of sp³-hybridized carbons (Fsp3) is 0.632. The Hall–Kier alpha value is -1.31. The van der Waals surface area contributed by atoms with E-state index in [1.54, 1.807) is 0 Å². The van der Waals surface area contributed by atoms with Gasteiger partial charge in [-0.3, -0.25) is 4.79 Å². The zero-order valence-electron chi connectivity index (χ0n) is 12.6. The molecule has 0 N–H and O–H groups in total. The van der Waals surface area contributed by atoms with Gasteiger partial charge in [-0.1, -0.05) is 30.3 Å². The van der Waals surface area contributed by atoms with Gasteiger partial charge >= 0.3 is 5.97 Å². The molecule has 0 unspecified atom stereocenters. The molecular formula is C19H24O2. The van der Waals surface area contributed by atoms with Crippen LogP contribution < -0.4 is 0 Å². The SMILES string of the molecule is O=C(OCCc1ccccc1)C12CC3CC(CC(C3)C1)C2. The smallest absolute Gasteiger partial charge is 0.312 e. The minimum Gasteiger partial charge on any atom is -0.465 e. The molecule has 1 aromatic rings. The van der Waals surface area contributed by atoms with E-state index in [9.17, 15) is 4.79 Å². The summed E-state index contributed by atoms with van der Waals surface area (Å²) in [5.41, 5.74) is 1.14. The number of esters is 1. The van der Waals surface area contributed by atoms with Gasteiger partial charge in [0, 0.05) is 6.42 Å². The Morgan fingerprint density at radius 1 is 1.00 bits per heavy atom. The van der Waals surface area contributed by atoms with E-state index in [-0.39, 0.29) is 11.4 Å². The van der Waals surface area contributed by atoms with Crippen LogP contribution in [0.4, 0.5) is 0 Å². The van der Waals surface area contributed by atoms with Crippen molar-refractivity contribution in [2.45, 2.75) is 44.9 Å². The van der Waals surface area contributed by atoms with Crippen LogP contribution in [0.3, 0.4) is 0 Å². The van der Waals surface area contributed by atoms with E-state index in [0.717, 1.165) is 43.4 Å². The van der Waals surface area contributed by atoms with Gasteiger partial charge < -0.3 is 4.74 Å². The van der Waals surface area contributed by atoms with Crippen molar-refractivity contribution in [3.8, 4) is 0 Å². The van der Waals surface area contributed by atoms with E-state index in [1.165, 1.54) is 24.8 Å². The molecule has 21 heavy (non-hydrogen) atoms. The van der Waals surface area contributed by atoms with E-state index in [4.69, 9.17) is 4.74 Å². The number of hydrogen-bond acceptors (Lipinski definition) is 2. The average Bonchev–Trinajstić information content (AvgIpc) is 2.47. The second-order valence-corrected chi connectivity index (χ2v) is 7.57. The van der Waals surface area contributed by atoms with Crippen molar-refractivity contribution >= 4 is 5.97 Å². The maximum absolute atomic E-state index is 12.7. The molecule has 112 valence electrons. The van der Waals surface area contributed by atoms with Gasteiger partial charge in [0.1, 0.15) is 0 Å². The standard InChI is InChI=1S/C19H24O2/c20-18(21-7-6-14-4-2-1-3-5-14)19-11-15-8-16(12-19)10-17(9-15)13-19/h1-5,15-17H,6-13H2. The second kappa shape index (κ2) is 5.15. The molecular weight excluding hydrogens is 260 g/mol. The van der Waals surface area contributed by atoms with Crippen LogP contribution in [0.2, 0.25) is 0 Å². The molecule has 4 bridgehead atoms. The molecule has 4 aliphatic rings. The third kappa shape index (κ3) is 2.49. The zero-order valence-corrected chi connectivity index (χ0v) is 12.6. The average molecular weight is 284 g/mol. The Morgan fingerprint density at radius 2 is 1.57 bits per heavy atom.